The number of hydrogen-bond acceptors (Lipinski definition) is 3. The standard InChI is InChI=1S/C37H27N3/c1-2-11-27(12-3-1)35-24-36(30-16-6-14-28(22-30)32-18-9-21-38-25-32)40-37(39-35)31-17-7-15-29(23-31)34-20-8-13-26-10-4-5-19-33(26)34/h1-17,19-25,32H,18H2/t32-/m0/s1. The molecular weight excluding hydrogens is 486 g/mol. The zero-order valence-corrected chi connectivity index (χ0v) is 22.0. The Kier molecular flexibility index (Phi) is 6.31. The second-order valence-electron chi connectivity index (χ2n) is 10.1. The average Bonchev–Trinajstić information content (AvgIpc) is 3.05. The van der Waals surface area contributed by atoms with E-state index in [4.69, 9.17) is 9.97 Å². The first kappa shape index (κ1) is 23.9. The van der Waals surface area contributed by atoms with Gasteiger partial charge in [-0.1, -0.05) is 115 Å². The SMILES string of the molecule is C1=CN=C[C@@H](c2cccc(-c3cc(-c4ccccc4)nc(-c4cccc(-c5cccc6ccccc56)c4)n3)c2)C1. The Morgan fingerprint density at radius 1 is 0.550 bits per heavy atom. The summed E-state index contributed by atoms with van der Waals surface area (Å²) in [5.74, 6) is 0.989. The predicted octanol–water partition coefficient (Wildman–Crippen LogP) is 9.37. The van der Waals surface area contributed by atoms with Crippen molar-refractivity contribution in [2.75, 3.05) is 0 Å². The van der Waals surface area contributed by atoms with Crippen LogP contribution < -0.4 is 0 Å². The lowest BCUT2D eigenvalue weighted by Crippen LogP contribution is -2.02. The van der Waals surface area contributed by atoms with Crippen molar-refractivity contribution in [2.45, 2.75) is 12.3 Å². The van der Waals surface area contributed by atoms with E-state index in [-0.39, 0.29) is 5.92 Å². The van der Waals surface area contributed by atoms with Gasteiger partial charge in [0.25, 0.3) is 0 Å². The summed E-state index contributed by atoms with van der Waals surface area (Å²) in [5, 5.41) is 2.47. The highest BCUT2D eigenvalue weighted by Crippen LogP contribution is 2.33. The Balaban J connectivity index is 1.36. The van der Waals surface area contributed by atoms with E-state index in [0.717, 1.165) is 40.1 Å². The van der Waals surface area contributed by atoms with Crippen LogP contribution in [0.2, 0.25) is 0 Å². The van der Waals surface area contributed by atoms with Gasteiger partial charge in [0, 0.05) is 35.0 Å². The number of allylic oxidation sites excluding steroid dienone is 1. The maximum absolute atomic E-state index is 5.12. The molecule has 0 saturated carbocycles. The highest BCUT2D eigenvalue weighted by molar-refractivity contribution is 5.97. The van der Waals surface area contributed by atoms with Crippen LogP contribution in [-0.2, 0) is 0 Å². The Hall–Kier alpha value is -5.15. The van der Waals surface area contributed by atoms with Crippen molar-refractivity contribution in [3.63, 3.8) is 0 Å². The summed E-state index contributed by atoms with van der Waals surface area (Å²) < 4.78 is 0. The molecule has 0 spiro atoms. The van der Waals surface area contributed by atoms with Crippen molar-refractivity contribution in [3.05, 3.63) is 145 Å². The van der Waals surface area contributed by atoms with Crippen molar-refractivity contribution in [2.24, 2.45) is 4.99 Å². The fourth-order valence-corrected chi connectivity index (χ4v) is 5.42. The minimum atomic E-state index is 0.275. The lowest BCUT2D eigenvalue weighted by molar-refractivity contribution is 0.909. The number of fused-ring (bicyclic) bond motifs is 1. The number of benzene rings is 5. The average molecular weight is 514 g/mol. The molecule has 1 aliphatic rings. The van der Waals surface area contributed by atoms with Crippen LogP contribution in [0.4, 0.5) is 0 Å². The topological polar surface area (TPSA) is 38.1 Å². The van der Waals surface area contributed by atoms with Crippen LogP contribution in [-0.4, -0.2) is 16.2 Å². The fraction of sp³-hybridized carbons (Fsp3) is 0.0541. The van der Waals surface area contributed by atoms with E-state index in [9.17, 15) is 0 Å². The molecular formula is C37H27N3. The summed E-state index contributed by atoms with van der Waals surface area (Å²) in [4.78, 5) is 14.6. The maximum atomic E-state index is 5.12. The number of aromatic nitrogens is 2. The molecule has 0 radical (unpaired) electrons. The summed E-state index contributed by atoms with van der Waals surface area (Å²) >= 11 is 0. The summed E-state index contributed by atoms with van der Waals surface area (Å²) in [6.45, 7) is 0. The fourth-order valence-electron chi connectivity index (χ4n) is 5.42. The van der Waals surface area contributed by atoms with Crippen molar-refractivity contribution in [3.8, 4) is 45.0 Å². The van der Waals surface area contributed by atoms with E-state index in [1.54, 1.807) is 0 Å². The lowest BCUT2D eigenvalue weighted by Gasteiger charge is -2.15. The molecule has 0 bridgehead atoms. The van der Waals surface area contributed by atoms with Crippen LogP contribution in [0.1, 0.15) is 17.9 Å². The molecule has 0 saturated heterocycles. The van der Waals surface area contributed by atoms with Gasteiger partial charge in [-0.25, -0.2) is 9.97 Å². The maximum Gasteiger partial charge on any atom is 0.160 e. The van der Waals surface area contributed by atoms with Gasteiger partial charge in [-0.05, 0) is 52.1 Å². The van der Waals surface area contributed by atoms with Gasteiger partial charge in [-0.2, -0.15) is 0 Å². The van der Waals surface area contributed by atoms with Gasteiger partial charge >= 0.3 is 0 Å². The van der Waals surface area contributed by atoms with Gasteiger partial charge in [0.1, 0.15) is 0 Å². The Morgan fingerprint density at radius 2 is 1.25 bits per heavy atom. The normalized spacial score (nSPS) is 14.4. The van der Waals surface area contributed by atoms with Crippen LogP contribution >= 0.6 is 0 Å². The molecule has 0 amide bonds. The molecule has 5 aromatic carbocycles. The number of nitrogens with zero attached hydrogens (tertiary/aromatic N) is 3. The Bertz CT molecular complexity index is 1880. The van der Waals surface area contributed by atoms with E-state index in [2.05, 4.69) is 132 Å². The molecule has 0 N–H and O–H groups in total. The van der Waals surface area contributed by atoms with Gasteiger partial charge in [-0.3, -0.25) is 4.99 Å². The van der Waals surface area contributed by atoms with Gasteiger partial charge in [-0.15, -0.1) is 0 Å². The zero-order valence-electron chi connectivity index (χ0n) is 22.0. The lowest BCUT2D eigenvalue weighted by atomic mass is 9.93. The van der Waals surface area contributed by atoms with Crippen LogP contribution in [0, 0.1) is 0 Å². The molecule has 7 rings (SSSR count). The number of hydrogen-bond donors (Lipinski definition) is 0. The molecule has 3 heteroatoms. The van der Waals surface area contributed by atoms with Gasteiger partial charge in [0.05, 0.1) is 11.4 Å². The summed E-state index contributed by atoms with van der Waals surface area (Å²) in [5.41, 5.74) is 8.54. The molecule has 2 heterocycles. The molecule has 0 fully saturated rings. The van der Waals surface area contributed by atoms with E-state index in [1.807, 2.05) is 18.5 Å². The summed E-state index contributed by atoms with van der Waals surface area (Å²) in [6, 6.07) is 44.6. The van der Waals surface area contributed by atoms with Crippen molar-refractivity contribution >= 4 is 17.0 Å². The van der Waals surface area contributed by atoms with E-state index < -0.39 is 0 Å². The minimum Gasteiger partial charge on any atom is -0.269 e. The van der Waals surface area contributed by atoms with Gasteiger partial charge in [0.15, 0.2) is 5.82 Å². The predicted molar refractivity (Wildman–Crippen MR) is 166 cm³/mol. The first-order valence-corrected chi connectivity index (χ1v) is 13.6. The third kappa shape index (κ3) is 4.74. The van der Waals surface area contributed by atoms with Crippen LogP contribution in [0.15, 0.2) is 145 Å². The quantitative estimate of drug-likeness (QED) is 0.230. The van der Waals surface area contributed by atoms with E-state index in [1.165, 1.54) is 21.9 Å². The molecule has 190 valence electrons. The monoisotopic (exact) mass is 513 g/mol. The van der Waals surface area contributed by atoms with Crippen LogP contribution in [0.25, 0.3) is 55.8 Å². The number of rotatable bonds is 5. The Morgan fingerprint density at radius 3 is 2.12 bits per heavy atom. The largest absolute Gasteiger partial charge is 0.269 e. The van der Waals surface area contributed by atoms with Crippen molar-refractivity contribution < 1.29 is 0 Å². The first-order valence-electron chi connectivity index (χ1n) is 13.6. The zero-order chi connectivity index (χ0) is 26.7. The van der Waals surface area contributed by atoms with Crippen LogP contribution in [0.5, 0.6) is 0 Å². The summed E-state index contributed by atoms with van der Waals surface area (Å²) in [6.07, 6.45) is 6.98. The number of aliphatic imine (C=N–C) groups is 1. The highest BCUT2D eigenvalue weighted by Gasteiger charge is 2.15. The minimum absolute atomic E-state index is 0.275. The molecule has 0 unspecified atom stereocenters. The molecule has 0 aliphatic carbocycles. The Labute approximate surface area is 234 Å². The van der Waals surface area contributed by atoms with Gasteiger partial charge < -0.3 is 0 Å². The van der Waals surface area contributed by atoms with Crippen molar-refractivity contribution in [1.82, 2.24) is 9.97 Å². The first-order chi connectivity index (χ1) is 19.8. The molecule has 1 aromatic heterocycles. The molecule has 3 nitrogen and oxygen atoms in total. The van der Waals surface area contributed by atoms with E-state index in [0.29, 0.717) is 5.82 Å². The van der Waals surface area contributed by atoms with Crippen LogP contribution in [0.3, 0.4) is 0 Å². The van der Waals surface area contributed by atoms with Crippen molar-refractivity contribution in [1.29, 1.82) is 0 Å². The third-order valence-electron chi connectivity index (χ3n) is 7.48. The molecule has 6 aromatic rings. The molecule has 40 heavy (non-hydrogen) atoms. The third-order valence-corrected chi connectivity index (χ3v) is 7.48. The smallest absolute Gasteiger partial charge is 0.160 e. The summed E-state index contributed by atoms with van der Waals surface area (Å²) in [7, 11) is 0. The second kappa shape index (κ2) is 10.5. The van der Waals surface area contributed by atoms with Gasteiger partial charge in [0.2, 0.25) is 0 Å². The molecule has 1 atom stereocenters. The highest BCUT2D eigenvalue weighted by atomic mass is 14.9. The second-order valence-corrected chi connectivity index (χ2v) is 10.1. The van der Waals surface area contributed by atoms with E-state index >= 15 is 0 Å². The molecule has 1 aliphatic heterocycles.